The lowest BCUT2D eigenvalue weighted by Gasteiger charge is -2.08. The number of nitrogens with two attached hydrogens (primary N) is 1. The van der Waals surface area contributed by atoms with E-state index < -0.39 is 0 Å². The standard InChI is InChI=1S/C13H12FN2O/c14-12-6-3-10(15)7-13(12)16-11-4-1-9(8-17)2-5-11/h1-4,6-7,16-17H,8,15H2. The summed E-state index contributed by atoms with van der Waals surface area (Å²) in [7, 11) is 0. The summed E-state index contributed by atoms with van der Waals surface area (Å²) in [6.45, 7) is -0.0383. The molecule has 87 valence electrons. The molecule has 2 rings (SSSR count). The first-order valence-corrected chi connectivity index (χ1v) is 5.12. The second-order valence-corrected chi connectivity index (χ2v) is 3.63. The smallest absolute Gasteiger partial charge is 0.146 e. The van der Waals surface area contributed by atoms with Crippen molar-refractivity contribution in [3.05, 3.63) is 53.8 Å². The van der Waals surface area contributed by atoms with Crippen molar-refractivity contribution in [3.63, 3.8) is 0 Å². The molecule has 2 aromatic carbocycles. The zero-order valence-corrected chi connectivity index (χ0v) is 9.07. The molecule has 17 heavy (non-hydrogen) atoms. The molecule has 0 saturated heterocycles. The van der Waals surface area contributed by atoms with Crippen LogP contribution in [0.15, 0.2) is 36.4 Å². The number of aliphatic hydroxyl groups is 1. The van der Waals surface area contributed by atoms with E-state index in [1.807, 2.05) is 0 Å². The maximum absolute atomic E-state index is 13.4. The Kier molecular flexibility index (Phi) is 3.25. The molecule has 0 amide bonds. The zero-order valence-electron chi connectivity index (χ0n) is 9.07. The summed E-state index contributed by atoms with van der Waals surface area (Å²) in [5, 5.41) is 11.8. The van der Waals surface area contributed by atoms with Crippen LogP contribution in [0, 0.1) is 11.9 Å². The summed E-state index contributed by atoms with van der Waals surface area (Å²) in [5.41, 5.74) is 7.74. The second-order valence-electron chi connectivity index (χ2n) is 3.63. The summed E-state index contributed by atoms with van der Waals surface area (Å²) >= 11 is 0. The Morgan fingerprint density at radius 3 is 2.76 bits per heavy atom. The molecule has 0 aromatic heterocycles. The van der Waals surface area contributed by atoms with Crippen LogP contribution >= 0.6 is 0 Å². The Balaban J connectivity index is 2.22. The van der Waals surface area contributed by atoms with Gasteiger partial charge in [-0.2, -0.15) is 0 Å². The number of nitrogen functional groups attached to an aromatic ring is 1. The lowest BCUT2D eigenvalue weighted by Crippen LogP contribution is -1.96. The lowest BCUT2D eigenvalue weighted by molar-refractivity contribution is 0.282. The Bertz CT molecular complexity index is 511. The summed E-state index contributed by atoms with van der Waals surface area (Å²) < 4.78 is 13.4. The fourth-order valence-electron chi connectivity index (χ4n) is 1.42. The van der Waals surface area contributed by atoms with E-state index in [-0.39, 0.29) is 12.4 Å². The van der Waals surface area contributed by atoms with Crippen molar-refractivity contribution in [2.45, 2.75) is 6.61 Å². The van der Waals surface area contributed by atoms with E-state index >= 15 is 0 Å². The predicted molar refractivity (Wildman–Crippen MR) is 65.3 cm³/mol. The lowest BCUT2D eigenvalue weighted by atomic mass is 10.2. The van der Waals surface area contributed by atoms with Crippen LogP contribution in [0.5, 0.6) is 0 Å². The third-order valence-electron chi connectivity index (χ3n) is 2.32. The highest BCUT2D eigenvalue weighted by molar-refractivity contribution is 5.63. The van der Waals surface area contributed by atoms with Gasteiger partial charge in [0.2, 0.25) is 0 Å². The van der Waals surface area contributed by atoms with Crippen molar-refractivity contribution in [3.8, 4) is 0 Å². The number of anilines is 3. The number of aliphatic hydroxyl groups excluding tert-OH is 1. The monoisotopic (exact) mass is 231 g/mol. The minimum atomic E-state index is -0.376. The summed E-state index contributed by atoms with van der Waals surface area (Å²) in [4.78, 5) is 0. The molecule has 0 aliphatic heterocycles. The number of hydrogen-bond acceptors (Lipinski definition) is 3. The van der Waals surface area contributed by atoms with Crippen LogP contribution in [-0.2, 0) is 6.61 Å². The molecule has 0 heterocycles. The van der Waals surface area contributed by atoms with Crippen LogP contribution in [0.3, 0.4) is 0 Å². The third kappa shape index (κ3) is 2.73. The summed E-state index contributed by atoms with van der Waals surface area (Å²) in [5.74, 6) is -0.376. The predicted octanol–water partition coefficient (Wildman–Crippen LogP) is 2.44. The maximum atomic E-state index is 13.4. The topological polar surface area (TPSA) is 58.3 Å². The maximum Gasteiger partial charge on any atom is 0.146 e. The number of nitrogens with one attached hydrogen (secondary N) is 1. The van der Waals surface area contributed by atoms with Gasteiger partial charge < -0.3 is 16.2 Å². The van der Waals surface area contributed by atoms with E-state index in [4.69, 9.17) is 10.8 Å². The average molecular weight is 231 g/mol. The van der Waals surface area contributed by atoms with E-state index in [2.05, 4.69) is 11.4 Å². The highest BCUT2D eigenvalue weighted by Gasteiger charge is 2.03. The molecule has 4 heteroatoms. The molecule has 0 saturated carbocycles. The number of halogens is 1. The van der Waals surface area contributed by atoms with Crippen LogP contribution in [0.25, 0.3) is 0 Å². The van der Waals surface area contributed by atoms with E-state index in [0.717, 1.165) is 5.56 Å². The molecule has 1 radical (unpaired) electrons. The van der Waals surface area contributed by atoms with Gasteiger partial charge in [-0.1, -0.05) is 6.07 Å². The fourth-order valence-corrected chi connectivity index (χ4v) is 1.42. The Labute approximate surface area is 98.7 Å². The quantitative estimate of drug-likeness (QED) is 0.711. The number of hydrogen-bond donors (Lipinski definition) is 3. The molecule has 0 aliphatic rings. The normalized spacial score (nSPS) is 10.2. The van der Waals surface area contributed by atoms with E-state index in [0.29, 0.717) is 17.1 Å². The fraction of sp³-hybridized carbons (Fsp3) is 0.0769. The Hall–Kier alpha value is -2.07. The van der Waals surface area contributed by atoms with Gasteiger partial charge in [-0.15, -0.1) is 0 Å². The van der Waals surface area contributed by atoms with Gasteiger partial charge in [0.05, 0.1) is 12.3 Å². The first kappa shape index (κ1) is 11.4. The number of rotatable bonds is 3. The average Bonchev–Trinajstić information content (AvgIpc) is 2.35. The summed E-state index contributed by atoms with van der Waals surface area (Å²) in [6.07, 6.45) is 0. The molecular weight excluding hydrogens is 219 g/mol. The molecule has 0 spiro atoms. The molecule has 0 fully saturated rings. The van der Waals surface area contributed by atoms with E-state index in [1.54, 1.807) is 18.2 Å². The first-order chi connectivity index (χ1) is 8.19. The molecule has 4 N–H and O–H groups in total. The molecule has 0 atom stereocenters. The van der Waals surface area contributed by atoms with Crippen LogP contribution in [-0.4, -0.2) is 5.11 Å². The Morgan fingerprint density at radius 1 is 1.29 bits per heavy atom. The minimum absolute atomic E-state index is 0.0383. The van der Waals surface area contributed by atoms with Crippen molar-refractivity contribution >= 4 is 17.1 Å². The van der Waals surface area contributed by atoms with Gasteiger partial charge in [-0.25, -0.2) is 4.39 Å². The van der Waals surface area contributed by atoms with E-state index in [1.165, 1.54) is 18.2 Å². The summed E-state index contributed by atoms with van der Waals surface area (Å²) in [6, 6.07) is 12.3. The molecule has 0 unspecified atom stereocenters. The molecule has 3 nitrogen and oxygen atoms in total. The highest BCUT2D eigenvalue weighted by atomic mass is 19.1. The largest absolute Gasteiger partial charge is 0.399 e. The van der Waals surface area contributed by atoms with Crippen LogP contribution in [0.4, 0.5) is 21.5 Å². The van der Waals surface area contributed by atoms with Gasteiger partial charge in [0, 0.05) is 17.4 Å². The molecule has 0 bridgehead atoms. The van der Waals surface area contributed by atoms with Crippen molar-refractivity contribution in [1.82, 2.24) is 0 Å². The van der Waals surface area contributed by atoms with Crippen molar-refractivity contribution in [2.24, 2.45) is 0 Å². The van der Waals surface area contributed by atoms with Crippen LogP contribution in [0.2, 0.25) is 0 Å². The van der Waals surface area contributed by atoms with Crippen molar-refractivity contribution in [2.75, 3.05) is 11.1 Å². The van der Waals surface area contributed by atoms with E-state index in [9.17, 15) is 4.39 Å². The first-order valence-electron chi connectivity index (χ1n) is 5.12. The van der Waals surface area contributed by atoms with Crippen LogP contribution in [0.1, 0.15) is 5.56 Å². The van der Waals surface area contributed by atoms with Gasteiger partial charge in [-0.05, 0) is 35.9 Å². The third-order valence-corrected chi connectivity index (χ3v) is 2.32. The van der Waals surface area contributed by atoms with Crippen molar-refractivity contribution < 1.29 is 9.50 Å². The zero-order chi connectivity index (χ0) is 12.3. The molecular formula is C13H12FN2O. The molecule has 0 aliphatic carbocycles. The highest BCUT2D eigenvalue weighted by Crippen LogP contribution is 2.22. The van der Waals surface area contributed by atoms with Gasteiger partial charge >= 0.3 is 0 Å². The number of benzene rings is 2. The second kappa shape index (κ2) is 4.84. The van der Waals surface area contributed by atoms with Crippen molar-refractivity contribution in [1.29, 1.82) is 0 Å². The van der Waals surface area contributed by atoms with Gasteiger partial charge in [0.1, 0.15) is 5.82 Å². The van der Waals surface area contributed by atoms with Gasteiger partial charge in [-0.3, -0.25) is 0 Å². The molecule has 2 aromatic rings. The Morgan fingerprint density at radius 2 is 2.12 bits per heavy atom. The van der Waals surface area contributed by atoms with Gasteiger partial charge in [0.25, 0.3) is 0 Å². The minimum Gasteiger partial charge on any atom is -0.399 e. The SMILES string of the molecule is Nc1ccc(F)c(Nc2[c]cc(CO)cc2)c1. The van der Waals surface area contributed by atoms with Crippen LogP contribution < -0.4 is 11.1 Å². The van der Waals surface area contributed by atoms with Gasteiger partial charge in [0.15, 0.2) is 0 Å².